The maximum atomic E-state index is 11.9. The number of hydrogen-bond acceptors (Lipinski definition) is 1. The zero-order chi connectivity index (χ0) is 12.3. The Morgan fingerprint density at radius 3 is 2.12 bits per heavy atom. The van der Waals surface area contributed by atoms with Crippen LogP contribution in [0.3, 0.4) is 0 Å². The van der Waals surface area contributed by atoms with Crippen molar-refractivity contribution < 1.29 is 4.79 Å². The maximum Gasteiger partial charge on any atom is 0.140 e. The second-order valence-electron chi connectivity index (χ2n) is 4.67. The zero-order valence-electron chi connectivity index (χ0n) is 10.6. The van der Waals surface area contributed by atoms with Gasteiger partial charge in [0.05, 0.1) is 5.41 Å². The van der Waals surface area contributed by atoms with Gasteiger partial charge in [-0.15, -0.1) is 0 Å². The molecule has 0 amide bonds. The fourth-order valence-corrected chi connectivity index (χ4v) is 2.05. The average Bonchev–Trinajstić information content (AvgIpc) is 2.27. The zero-order valence-corrected chi connectivity index (χ0v) is 10.6. The van der Waals surface area contributed by atoms with Gasteiger partial charge in [0.25, 0.3) is 0 Å². The Balaban J connectivity index is 3.16. The second kappa shape index (κ2) is 4.65. The van der Waals surface area contributed by atoms with Crippen molar-refractivity contribution in [1.29, 1.82) is 0 Å². The quantitative estimate of drug-likeness (QED) is 0.696. The normalized spacial score (nSPS) is 16.2. The molecule has 0 aromatic heterocycles. The van der Waals surface area contributed by atoms with Crippen LogP contribution in [0.15, 0.2) is 42.5 Å². The molecule has 0 fully saturated rings. The Bertz CT molecular complexity index is 375. The third-order valence-electron chi connectivity index (χ3n) is 3.78. The average molecular weight is 216 g/mol. The molecule has 1 heteroatoms. The minimum absolute atomic E-state index is 0.156. The molecular weight excluding hydrogens is 196 g/mol. The Kier molecular flexibility index (Phi) is 3.69. The van der Waals surface area contributed by atoms with Gasteiger partial charge in [-0.05, 0) is 32.3 Å². The lowest BCUT2D eigenvalue weighted by atomic mass is 9.68. The van der Waals surface area contributed by atoms with Gasteiger partial charge in [-0.2, -0.15) is 0 Å². The van der Waals surface area contributed by atoms with Gasteiger partial charge in [-0.3, -0.25) is 4.79 Å². The van der Waals surface area contributed by atoms with E-state index in [1.165, 1.54) is 5.56 Å². The van der Waals surface area contributed by atoms with E-state index >= 15 is 0 Å². The smallest absolute Gasteiger partial charge is 0.140 e. The van der Waals surface area contributed by atoms with Crippen LogP contribution in [-0.4, -0.2) is 5.78 Å². The lowest BCUT2D eigenvalue weighted by Gasteiger charge is -2.34. The van der Waals surface area contributed by atoms with Crippen molar-refractivity contribution in [2.75, 3.05) is 0 Å². The Morgan fingerprint density at radius 1 is 1.25 bits per heavy atom. The van der Waals surface area contributed by atoms with E-state index in [0.717, 1.165) is 5.57 Å². The Morgan fingerprint density at radius 2 is 1.75 bits per heavy atom. The predicted octanol–water partition coefficient (Wildman–Crippen LogP) is 3.96. The van der Waals surface area contributed by atoms with E-state index < -0.39 is 5.41 Å². The first-order valence-corrected chi connectivity index (χ1v) is 5.62. The molecule has 2 atom stereocenters. The van der Waals surface area contributed by atoms with Crippen molar-refractivity contribution in [3.63, 3.8) is 0 Å². The molecule has 0 radical (unpaired) electrons. The summed E-state index contributed by atoms with van der Waals surface area (Å²) < 4.78 is 0. The van der Waals surface area contributed by atoms with Crippen LogP contribution in [0.4, 0.5) is 0 Å². The third-order valence-corrected chi connectivity index (χ3v) is 3.78. The summed E-state index contributed by atoms with van der Waals surface area (Å²) in [4.78, 5) is 11.9. The van der Waals surface area contributed by atoms with Gasteiger partial charge in [0.1, 0.15) is 5.78 Å². The van der Waals surface area contributed by atoms with Crippen LogP contribution < -0.4 is 0 Å². The van der Waals surface area contributed by atoms with Crippen LogP contribution in [0.25, 0.3) is 0 Å². The Labute approximate surface area is 98.2 Å². The van der Waals surface area contributed by atoms with E-state index in [9.17, 15) is 4.79 Å². The van der Waals surface area contributed by atoms with E-state index in [1.807, 2.05) is 32.0 Å². The molecule has 0 bridgehead atoms. The predicted molar refractivity (Wildman–Crippen MR) is 68.5 cm³/mol. The molecule has 86 valence electrons. The molecule has 0 aliphatic carbocycles. The summed E-state index contributed by atoms with van der Waals surface area (Å²) in [7, 11) is 0. The maximum absolute atomic E-state index is 11.9. The summed E-state index contributed by atoms with van der Waals surface area (Å²) in [5.41, 5.74) is 1.64. The number of Topliss-reactive ketones (excluding diaryl/α,β-unsaturated/α-hetero) is 1. The molecule has 1 nitrogen and oxygen atoms in total. The van der Waals surface area contributed by atoms with Crippen molar-refractivity contribution in [3.05, 3.63) is 48.0 Å². The topological polar surface area (TPSA) is 17.1 Å². The lowest BCUT2D eigenvalue weighted by molar-refractivity contribution is -0.124. The molecule has 0 aliphatic rings. The van der Waals surface area contributed by atoms with Crippen molar-refractivity contribution in [3.8, 4) is 0 Å². The first-order chi connectivity index (χ1) is 7.40. The fraction of sp³-hybridized carbons (Fsp3) is 0.400. The van der Waals surface area contributed by atoms with Crippen molar-refractivity contribution in [2.24, 2.45) is 5.41 Å². The standard InChI is InChI=1S/C15H20O/c1-11(2)15(5,13(4)16)12(3)14-9-7-6-8-10-14/h6-10,12H,1H2,2-5H3/t12-,15-/m1/s1. The second-order valence-corrected chi connectivity index (χ2v) is 4.67. The number of carbonyl (C=O) groups excluding carboxylic acids is 1. The van der Waals surface area contributed by atoms with Crippen molar-refractivity contribution >= 4 is 5.78 Å². The summed E-state index contributed by atoms with van der Waals surface area (Å²) in [6.07, 6.45) is 0. The molecule has 0 N–H and O–H groups in total. The molecule has 1 aromatic carbocycles. The highest BCUT2D eigenvalue weighted by molar-refractivity contribution is 5.86. The summed E-state index contributed by atoms with van der Waals surface area (Å²) in [6, 6.07) is 10.1. The van der Waals surface area contributed by atoms with E-state index in [4.69, 9.17) is 0 Å². The molecule has 0 heterocycles. The molecular formula is C15H20O. The Hall–Kier alpha value is -1.37. The fourth-order valence-electron chi connectivity index (χ4n) is 2.05. The number of rotatable bonds is 4. The SMILES string of the molecule is C=C(C)[C@@](C)(C(C)=O)[C@H](C)c1ccccc1. The van der Waals surface area contributed by atoms with Crippen LogP contribution in [0.1, 0.15) is 39.2 Å². The molecule has 0 saturated carbocycles. The molecule has 1 aromatic rings. The van der Waals surface area contributed by atoms with Crippen molar-refractivity contribution in [1.82, 2.24) is 0 Å². The van der Waals surface area contributed by atoms with Gasteiger partial charge in [0.2, 0.25) is 0 Å². The molecule has 0 saturated heterocycles. The summed E-state index contributed by atoms with van der Waals surface area (Å²) in [6.45, 7) is 11.6. The molecule has 0 spiro atoms. The minimum Gasteiger partial charge on any atom is -0.299 e. The number of ketones is 1. The van der Waals surface area contributed by atoms with Gasteiger partial charge in [-0.25, -0.2) is 0 Å². The monoisotopic (exact) mass is 216 g/mol. The molecule has 1 rings (SSSR count). The van der Waals surface area contributed by atoms with Crippen molar-refractivity contribution in [2.45, 2.75) is 33.6 Å². The first kappa shape index (κ1) is 12.7. The van der Waals surface area contributed by atoms with Gasteiger partial charge in [0.15, 0.2) is 0 Å². The number of allylic oxidation sites excluding steroid dienone is 1. The molecule has 16 heavy (non-hydrogen) atoms. The number of benzene rings is 1. The minimum atomic E-state index is -0.471. The highest BCUT2D eigenvalue weighted by Crippen LogP contribution is 2.41. The number of carbonyl (C=O) groups is 1. The highest BCUT2D eigenvalue weighted by atomic mass is 16.1. The van der Waals surface area contributed by atoms with E-state index in [2.05, 4.69) is 25.6 Å². The van der Waals surface area contributed by atoms with Crippen LogP contribution in [-0.2, 0) is 4.79 Å². The van der Waals surface area contributed by atoms with Gasteiger partial charge < -0.3 is 0 Å². The van der Waals surface area contributed by atoms with Gasteiger partial charge >= 0.3 is 0 Å². The van der Waals surface area contributed by atoms with E-state index in [0.29, 0.717) is 0 Å². The van der Waals surface area contributed by atoms with E-state index in [-0.39, 0.29) is 11.7 Å². The van der Waals surface area contributed by atoms with Crippen LogP contribution in [0, 0.1) is 5.41 Å². The molecule has 0 unspecified atom stereocenters. The van der Waals surface area contributed by atoms with E-state index in [1.54, 1.807) is 6.92 Å². The summed E-state index contributed by atoms with van der Waals surface area (Å²) in [5, 5.41) is 0. The summed E-state index contributed by atoms with van der Waals surface area (Å²) in [5.74, 6) is 0.333. The van der Waals surface area contributed by atoms with Crippen LogP contribution >= 0.6 is 0 Å². The third kappa shape index (κ3) is 2.08. The van der Waals surface area contributed by atoms with Gasteiger partial charge in [-0.1, -0.05) is 49.4 Å². The van der Waals surface area contributed by atoms with Crippen LogP contribution in [0.2, 0.25) is 0 Å². The lowest BCUT2D eigenvalue weighted by Crippen LogP contribution is -2.32. The van der Waals surface area contributed by atoms with Crippen LogP contribution in [0.5, 0.6) is 0 Å². The highest BCUT2D eigenvalue weighted by Gasteiger charge is 2.37. The first-order valence-electron chi connectivity index (χ1n) is 5.62. The number of hydrogen-bond donors (Lipinski definition) is 0. The molecule has 0 aliphatic heterocycles. The van der Waals surface area contributed by atoms with Gasteiger partial charge in [0, 0.05) is 0 Å². The summed E-state index contributed by atoms with van der Waals surface area (Å²) >= 11 is 0. The largest absolute Gasteiger partial charge is 0.299 e.